The second-order valence-electron chi connectivity index (χ2n) is 6.24. The summed E-state index contributed by atoms with van der Waals surface area (Å²) in [5.74, 6) is 2.88. The van der Waals surface area contributed by atoms with E-state index in [1.807, 2.05) is 24.3 Å². The fourth-order valence-corrected chi connectivity index (χ4v) is 3.78. The van der Waals surface area contributed by atoms with Gasteiger partial charge in [0.15, 0.2) is 11.5 Å². The smallest absolute Gasteiger partial charge is 0.244 e. The summed E-state index contributed by atoms with van der Waals surface area (Å²) in [5, 5.41) is 3.15. The van der Waals surface area contributed by atoms with Gasteiger partial charge in [0.1, 0.15) is 0 Å². The standard InChI is InChI=1S/C18H23NO3/c1-21-16-7-4-12(11-17(16)22-2)5-8-18(20)19-15-10-13-3-6-14(15)9-13/h4-5,7-8,11,13-15H,3,6,9-10H2,1-2H3,(H,19,20)/b8-5+/t13-,14+,15+/m0/s1. The van der Waals surface area contributed by atoms with Gasteiger partial charge in [0.2, 0.25) is 5.91 Å². The maximum absolute atomic E-state index is 12.1. The topological polar surface area (TPSA) is 47.6 Å². The number of nitrogens with one attached hydrogen (secondary N) is 1. The Hall–Kier alpha value is -1.97. The van der Waals surface area contributed by atoms with E-state index in [2.05, 4.69) is 5.32 Å². The van der Waals surface area contributed by atoms with Crippen molar-refractivity contribution in [2.24, 2.45) is 11.8 Å². The molecule has 1 aromatic carbocycles. The second kappa shape index (κ2) is 6.42. The highest BCUT2D eigenvalue weighted by molar-refractivity contribution is 5.92. The summed E-state index contributed by atoms with van der Waals surface area (Å²) in [5.41, 5.74) is 0.917. The number of carbonyl (C=O) groups is 1. The predicted octanol–water partition coefficient (Wildman–Crippen LogP) is 3.02. The van der Waals surface area contributed by atoms with Crippen LogP contribution in [0.3, 0.4) is 0 Å². The van der Waals surface area contributed by atoms with Gasteiger partial charge in [0.25, 0.3) is 0 Å². The molecule has 118 valence electrons. The van der Waals surface area contributed by atoms with Gasteiger partial charge in [-0.05, 0) is 54.9 Å². The minimum Gasteiger partial charge on any atom is -0.493 e. The van der Waals surface area contributed by atoms with Crippen LogP contribution in [0.4, 0.5) is 0 Å². The van der Waals surface area contributed by atoms with Crippen molar-refractivity contribution < 1.29 is 14.3 Å². The molecule has 0 saturated heterocycles. The van der Waals surface area contributed by atoms with Gasteiger partial charge in [-0.3, -0.25) is 4.79 Å². The number of rotatable bonds is 5. The summed E-state index contributed by atoms with van der Waals surface area (Å²) in [6.07, 6.45) is 8.48. The van der Waals surface area contributed by atoms with E-state index in [9.17, 15) is 4.79 Å². The molecule has 2 bridgehead atoms. The van der Waals surface area contributed by atoms with Crippen LogP contribution in [0.5, 0.6) is 11.5 Å². The van der Waals surface area contributed by atoms with E-state index in [0.29, 0.717) is 23.5 Å². The molecular weight excluding hydrogens is 278 g/mol. The van der Waals surface area contributed by atoms with Crippen molar-refractivity contribution in [3.63, 3.8) is 0 Å². The number of methoxy groups -OCH3 is 2. The van der Waals surface area contributed by atoms with Crippen LogP contribution in [-0.2, 0) is 4.79 Å². The third kappa shape index (κ3) is 3.11. The summed E-state index contributed by atoms with van der Waals surface area (Å²) in [6.45, 7) is 0. The first-order valence-electron chi connectivity index (χ1n) is 7.90. The maximum atomic E-state index is 12.1. The van der Waals surface area contributed by atoms with E-state index >= 15 is 0 Å². The summed E-state index contributed by atoms with van der Waals surface area (Å²) in [6, 6.07) is 5.98. The quantitative estimate of drug-likeness (QED) is 0.850. The Morgan fingerprint density at radius 2 is 2.00 bits per heavy atom. The van der Waals surface area contributed by atoms with Crippen molar-refractivity contribution in [3.8, 4) is 11.5 Å². The van der Waals surface area contributed by atoms with Crippen LogP contribution in [0.25, 0.3) is 6.08 Å². The number of carbonyl (C=O) groups excluding carboxylic acids is 1. The molecule has 22 heavy (non-hydrogen) atoms. The van der Waals surface area contributed by atoms with Crippen molar-refractivity contribution >= 4 is 12.0 Å². The lowest BCUT2D eigenvalue weighted by atomic mass is 9.95. The summed E-state index contributed by atoms with van der Waals surface area (Å²) >= 11 is 0. The van der Waals surface area contributed by atoms with Gasteiger partial charge in [0.05, 0.1) is 14.2 Å². The number of fused-ring (bicyclic) bond motifs is 2. The first-order chi connectivity index (χ1) is 10.7. The first-order valence-corrected chi connectivity index (χ1v) is 7.90. The lowest BCUT2D eigenvalue weighted by Crippen LogP contribution is -2.37. The Morgan fingerprint density at radius 3 is 2.64 bits per heavy atom. The second-order valence-corrected chi connectivity index (χ2v) is 6.24. The maximum Gasteiger partial charge on any atom is 0.244 e. The van der Waals surface area contributed by atoms with E-state index in [-0.39, 0.29) is 5.91 Å². The number of benzene rings is 1. The Labute approximate surface area is 131 Å². The Kier molecular flexibility index (Phi) is 4.36. The van der Waals surface area contributed by atoms with Crippen molar-refractivity contribution in [1.82, 2.24) is 5.32 Å². The van der Waals surface area contributed by atoms with Crippen LogP contribution < -0.4 is 14.8 Å². The van der Waals surface area contributed by atoms with Crippen LogP contribution in [0.1, 0.15) is 31.2 Å². The zero-order valence-electron chi connectivity index (χ0n) is 13.2. The number of hydrogen-bond acceptors (Lipinski definition) is 3. The van der Waals surface area contributed by atoms with Gasteiger partial charge in [-0.1, -0.05) is 12.5 Å². The molecule has 4 heteroatoms. The monoisotopic (exact) mass is 301 g/mol. The SMILES string of the molecule is COc1ccc(/C=C/C(=O)N[C@@H]2C[C@H]3CC[C@@H]2C3)cc1OC. The molecule has 3 rings (SSSR count). The van der Waals surface area contributed by atoms with E-state index in [0.717, 1.165) is 17.9 Å². The van der Waals surface area contributed by atoms with Crippen molar-refractivity contribution in [3.05, 3.63) is 29.8 Å². The van der Waals surface area contributed by atoms with Gasteiger partial charge in [-0.25, -0.2) is 0 Å². The number of ether oxygens (including phenoxy) is 2. The largest absolute Gasteiger partial charge is 0.493 e. The van der Waals surface area contributed by atoms with E-state index in [1.165, 1.54) is 19.3 Å². The van der Waals surface area contributed by atoms with Gasteiger partial charge >= 0.3 is 0 Å². The normalized spacial score (nSPS) is 26.4. The summed E-state index contributed by atoms with van der Waals surface area (Å²) in [7, 11) is 3.21. The molecule has 2 saturated carbocycles. The molecule has 1 N–H and O–H groups in total. The highest BCUT2D eigenvalue weighted by atomic mass is 16.5. The molecule has 4 nitrogen and oxygen atoms in total. The first kappa shape index (κ1) is 14.9. The third-order valence-corrected chi connectivity index (χ3v) is 4.90. The highest BCUT2D eigenvalue weighted by Crippen LogP contribution is 2.44. The third-order valence-electron chi connectivity index (χ3n) is 4.90. The molecule has 0 spiro atoms. The fourth-order valence-electron chi connectivity index (χ4n) is 3.78. The van der Waals surface area contributed by atoms with Crippen molar-refractivity contribution in [2.45, 2.75) is 31.7 Å². The molecule has 0 heterocycles. The molecule has 2 aliphatic carbocycles. The molecule has 2 fully saturated rings. The van der Waals surface area contributed by atoms with Gasteiger partial charge in [0, 0.05) is 12.1 Å². The lowest BCUT2D eigenvalue weighted by Gasteiger charge is -2.22. The van der Waals surface area contributed by atoms with E-state index in [1.54, 1.807) is 20.3 Å². The average molecular weight is 301 g/mol. The van der Waals surface area contributed by atoms with E-state index in [4.69, 9.17) is 9.47 Å². The average Bonchev–Trinajstić information content (AvgIpc) is 3.15. The van der Waals surface area contributed by atoms with Crippen LogP contribution in [0.15, 0.2) is 24.3 Å². The Bertz CT molecular complexity index is 582. The molecule has 0 unspecified atom stereocenters. The molecule has 0 aromatic heterocycles. The Morgan fingerprint density at radius 1 is 1.18 bits per heavy atom. The highest BCUT2D eigenvalue weighted by Gasteiger charge is 2.39. The van der Waals surface area contributed by atoms with Crippen LogP contribution in [0.2, 0.25) is 0 Å². The molecule has 0 aliphatic heterocycles. The fraction of sp³-hybridized carbons (Fsp3) is 0.500. The molecule has 0 radical (unpaired) electrons. The number of hydrogen-bond donors (Lipinski definition) is 1. The van der Waals surface area contributed by atoms with Crippen LogP contribution >= 0.6 is 0 Å². The summed E-state index contributed by atoms with van der Waals surface area (Å²) in [4.78, 5) is 12.1. The van der Waals surface area contributed by atoms with E-state index < -0.39 is 0 Å². The summed E-state index contributed by atoms with van der Waals surface area (Å²) < 4.78 is 10.5. The van der Waals surface area contributed by atoms with Gasteiger partial charge in [-0.15, -0.1) is 0 Å². The predicted molar refractivity (Wildman–Crippen MR) is 86.0 cm³/mol. The minimum atomic E-state index is -0.00710. The lowest BCUT2D eigenvalue weighted by molar-refractivity contribution is -0.117. The Balaban J connectivity index is 1.60. The molecule has 2 aliphatic rings. The zero-order valence-corrected chi connectivity index (χ0v) is 13.2. The molecular formula is C18H23NO3. The van der Waals surface area contributed by atoms with Crippen molar-refractivity contribution in [1.29, 1.82) is 0 Å². The van der Waals surface area contributed by atoms with Gasteiger partial charge < -0.3 is 14.8 Å². The zero-order chi connectivity index (χ0) is 15.5. The van der Waals surface area contributed by atoms with Gasteiger partial charge in [-0.2, -0.15) is 0 Å². The molecule has 1 amide bonds. The molecule has 1 aromatic rings. The van der Waals surface area contributed by atoms with Crippen LogP contribution in [0, 0.1) is 11.8 Å². The number of amides is 1. The minimum absolute atomic E-state index is 0.00710. The van der Waals surface area contributed by atoms with Crippen molar-refractivity contribution in [2.75, 3.05) is 14.2 Å². The molecule has 3 atom stereocenters. The van der Waals surface area contributed by atoms with Crippen LogP contribution in [-0.4, -0.2) is 26.2 Å².